The van der Waals surface area contributed by atoms with Gasteiger partial charge in [0.2, 0.25) is 0 Å². The lowest BCUT2D eigenvalue weighted by molar-refractivity contribution is 0.0626. The van der Waals surface area contributed by atoms with Crippen LogP contribution < -0.4 is 0 Å². The molecule has 1 aromatic carbocycles. The predicted octanol–water partition coefficient (Wildman–Crippen LogP) is 3.64. The molecule has 2 rings (SSSR count). The minimum atomic E-state index is -1.06. The molecule has 0 radical (unpaired) electrons. The Bertz CT molecular complexity index is 510. The number of aromatic carboxylic acids is 1. The quantitative estimate of drug-likeness (QED) is 0.836. The van der Waals surface area contributed by atoms with Crippen LogP contribution in [-0.4, -0.2) is 17.7 Å². The molecule has 0 aliphatic heterocycles. The minimum Gasteiger partial charge on any atom is -0.478 e. The van der Waals surface area contributed by atoms with Crippen LogP contribution in [0.5, 0.6) is 0 Å². The summed E-state index contributed by atoms with van der Waals surface area (Å²) in [7, 11) is 0. The first-order valence-electron chi connectivity index (χ1n) is 6.82. The number of carbonyl (C=O) groups is 1. The maximum Gasteiger partial charge on any atom is 0.336 e. The number of carboxylic acids is 1. The first-order valence-corrected chi connectivity index (χ1v) is 6.82. The Morgan fingerprint density at radius 2 is 2.15 bits per heavy atom. The van der Waals surface area contributed by atoms with Crippen LogP contribution in [0.4, 0.5) is 4.39 Å². The summed E-state index contributed by atoms with van der Waals surface area (Å²) in [6, 6.07) is 3.66. The molecule has 0 amide bonds. The van der Waals surface area contributed by atoms with Crippen molar-refractivity contribution in [3.05, 3.63) is 47.3 Å². The third-order valence-corrected chi connectivity index (χ3v) is 3.81. The molecule has 0 saturated carbocycles. The maximum absolute atomic E-state index is 13.2. The Morgan fingerprint density at radius 3 is 2.85 bits per heavy atom. The summed E-state index contributed by atoms with van der Waals surface area (Å²) < 4.78 is 18.8. The third-order valence-electron chi connectivity index (χ3n) is 3.81. The van der Waals surface area contributed by atoms with E-state index in [0.29, 0.717) is 24.0 Å². The standard InChI is InChI=1S/C16H19FO3/c1-11-4-2-3-5-12(11)9-20-10-13-8-14(17)6-7-15(13)16(18)19/h2-3,6-8,11-12H,4-5,9-10H2,1H3,(H,18,19). The van der Waals surface area contributed by atoms with E-state index in [1.807, 2.05) is 0 Å². The Morgan fingerprint density at radius 1 is 1.40 bits per heavy atom. The summed E-state index contributed by atoms with van der Waals surface area (Å²) >= 11 is 0. The topological polar surface area (TPSA) is 46.5 Å². The normalized spacial score (nSPS) is 21.9. The summed E-state index contributed by atoms with van der Waals surface area (Å²) in [6.45, 7) is 2.88. The molecule has 20 heavy (non-hydrogen) atoms. The van der Waals surface area contributed by atoms with Gasteiger partial charge in [0.1, 0.15) is 5.82 Å². The molecule has 0 bridgehead atoms. The number of hydrogen-bond acceptors (Lipinski definition) is 2. The number of rotatable bonds is 5. The first kappa shape index (κ1) is 14.7. The molecular weight excluding hydrogens is 259 g/mol. The number of carboxylic acid groups (broad SMARTS) is 1. The minimum absolute atomic E-state index is 0.1000. The van der Waals surface area contributed by atoms with Crippen LogP contribution in [0, 0.1) is 17.7 Å². The van der Waals surface area contributed by atoms with E-state index in [4.69, 9.17) is 9.84 Å². The molecule has 0 fully saturated rings. The van der Waals surface area contributed by atoms with E-state index < -0.39 is 11.8 Å². The van der Waals surface area contributed by atoms with Crippen LogP contribution in [-0.2, 0) is 11.3 Å². The van der Waals surface area contributed by atoms with E-state index in [9.17, 15) is 9.18 Å². The molecule has 1 aliphatic carbocycles. The van der Waals surface area contributed by atoms with Crippen molar-refractivity contribution in [2.45, 2.75) is 26.4 Å². The van der Waals surface area contributed by atoms with Gasteiger partial charge in [-0.15, -0.1) is 0 Å². The highest BCUT2D eigenvalue weighted by Crippen LogP contribution is 2.25. The van der Waals surface area contributed by atoms with Crippen molar-refractivity contribution in [3.63, 3.8) is 0 Å². The largest absolute Gasteiger partial charge is 0.478 e. The van der Waals surface area contributed by atoms with Crippen molar-refractivity contribution in [2.75, 3.05) is 6.61 Å². The molecule has 2 unspecified atom stereocenters. The Kier molecular flexibility index (Phi) is 4.90. The zero-order valence-corrected chi connectivity index (χ0v) is 11.5. The van der Waals surface area contributed by atoms with Gasteiger partial charge in [0.25, 0.3) is 0 Å². The van der Waals surface area contributed by atoms with Gasteiger partial charge in [-0.25, -0.2) is 9.18 Å². The number of halogens is 1. The summed E-state index contributed by atoms with van der Waals surface area (Å²) in [5, 5.41) is 9.06. The molecule has 108 valence electrons. The van der Waals surface area contributed by atoms with E-state index in [1.54, 1.807) is 0 Å². The smallest absolute Gasteiger partial charge is 0.336 e. The van der Waals surface area contributed by atoms with Gasteiger partial charge in [0, 0.05) is 0 Å². The fourth-order valence-electron chi connectivity index (χ4n) is 2.45. The fourth-order valence-corrected chi connectivity index (χ4v) is 2.45. The molecule has 1 aromatic rings. The summed E-state index contributed by atoms with van der Waals surface area (Å²) in [5.41, 5.74) is 0.486. The lowest BCUT2D eigenvalue weighted by Gasteiger charge is -2.25. The molecule has 1 N–H and O–H groups in total. The van der Waals surface area contributed by atoms with E-state index in [1.165, 1.54) is 12.1 Å². The van der Waals surface area contributed by atoms with Crippen molar-refractivity contribution >= 4 is 5.97 Å². The molecular formula is C16H19FO3. The fraction of sp³-hybridized carbons (Fsp3) is 0.438. The predicted molar refractivity (Wildman–Crippen MR) is 74.0 cm³/mol. The molecule has 0 heterocycles. The van der Waals surface area contributed by atoms with Crippen molar-refractivity contribution in [1.29, 1.82) is 0 Å². The van der Waals surface area contributed by atoms with Crippen LogP contribution in [0.2, 0.25) is 0 Å². The number of ether oxygens (including phenoxy) is 1. The van der Waals surface area contributed by atoms with E-state index in [0.717, 1.165) is 18.9 Å². The number of allylic oxidation sites excluding steroid dienone is 2. The molecule has 2 atom stereocenters. The van der Waals surface area contributed by atoms with Crippen molar-refractivity contribution in [1.82, 2.24) is 0 Å². The second kappa shape index (κ2) is 6.66. The zero-order chi connectivity index (χ0) is 14.5. The lowest BCUT2D eigenvalue weighted by atomic mass is 9.85. The van der Waals surface area contributed by atoms with Crippen LogP contribution in [0.3, 0.4) is 0 Å². The second-order valence-corrected chi connectivity index (χ2v) is 5.30. The molecule has 0 aromatic heterocycles. The van der Waals surface area contributed by atoms with Crippen LogP contribution >= 0.6 is 0 Å². The highest BCUT2D eigenvalue weighted by atomic mass is 19.1. The maximum atomic E-state index is 13.2. The number of benzene rings is 1. The molecule has 1 aliphatic rings. The van der Waals surface area contributed by atoms with Gasteiger partial charge in [-0.2, -0.15) is 0 Å². The molecule has 3 nitrogen and oxygen atoms in total. The van der Waals surface area contributed by atoms with Gasteiger partial charge in [-0.1, -0.05) is 19.1 Å². The first-order chi connectivity index (χ1) is 9.58. The highest BCUT2D eigenvalue weighted by molar-refractivity contribution is 5.89. The SMILES string of the molecule is CC1CC=CCC1COCc1cc(F)ccc1C(=O)O. The van der Waals surface area contributed by atoms with Gasteiger partial charge < -0.3 is 9.84 Å². The van der Waals surface area contributed by atoms with Crippen LogP contribution in [0.25, 0.3) is 0 Å². The lowest BCUT2D eigenvalue weighted by Crippen LogP contribution is -2.19. The van der Waals surface area contributed by atoms with Gasteiger partial charge in [0.05, 0.1) is 18.8 Å². The van der Waals surface area contributed by atoms with Crippen molar-refractivity contribution in [3.8, 4) is 0 Å². The average Bonchev–Trinajstić information content (AvgIpc) is 2.41. The van der Waals surface area contributed by atoms with Gasteiger partial charge >= 0.3 is 5.97 Å². The molecule has 0 spiro atoms. The van der Waals surface area contributed by atoms with Crippen LogP contribution in [0.1, 0.15) is 35.7 Å². The van der Waals surface area contributed by atoms with Gasteiger partial charge in [-0.05, 0) is 48.4 Å². The highest BCUT2D eigenvalue weighted by Gasteiger charge is 2.19. The Labute approximate surface area is 118 Å². The van der Waals surface area contributed by atoms with E-state index >= 15 is 0 Å². The van der Waals surface area contributed by atoms with Crippen LogP contribution in [0.15, 0.2) is 30.4 Å². The Hall–Kier alpha value is -1.68. The third kappa shape index (κ3) is 3.67. The molecule has 0 saturated heterocycles. The summed E-state index contributed by atoms with van der Waals surface area (Å²) in [5.74, 6) is -0.492. The summed E-state index contributed by atoms with van der Waals surface area (Å²) in [6.07, 6.45) is 6.36. The Balaban J connectivity index is 1.95. The van der Waals surface area contributed by atoms with Gasteiger partial charge in [-0.3, -0.25) is 0 Å². The monoisotopic (exact) mass is 278 g/mol. The summed E-state index contributed by atoms with van der Waals surface area (Å²) in [4.78, 5) is 11.1. The van der Waals surface area contributed by atoms with E-state index in [2.05, 4.69) is 19.1 Å². The second-order valence-electron chi connectivity index (χ2n) is 5.30. The zero-order valence-electron chi connectivity index (χ0n) is 11.5. The van der Waals surface area contributed by atoms with E-state index in [-0.39, 0.29) is 12.2 Å². The van der Waals surface area contributed by atoms with Gasteiger partial charge in [0.15, 0.2) is 0 Å². The van der Waals surface area contributed by atoms with Crippen molar-refractivity contribution in [2.24, 2.45) is 11.8 Å². The molecule has 4 heteroatoms. The number of hydrogen-bond donors (Lipinski definition) is 1. The van der Waals surface area contributed by atoms with Crippen molar-refractivity contribution < 1.29 is 19.0 Å². The average molecular weight is 278 g/mol.